The summed E-state index contributed by atoms with van der Waals surface area (Å²) in [5.41, 5.74) is -4.67. The molecule has 26 heavy (non-hydrogen) atoms. The van der Waals surface area contributed by atoms with Crippen LogP contribution >= 0.6 is 0 Å². The maximum Gasteiger partial charge on any atom is 0.417 e. The normalized spacial score (nSPS) is 11.9. The van der Waals surface area contributed by atoms with E-state index in [-0.39, 0.29) is 17.3 Å². The van der Waals surface area contributed by atoms with Gasteiger partial charge in [-0.2, -0.15) is 26.3 Å². The maximum atomic E-state index is 13.1. The molecule has 0 saturated heterocycles. The Bertz CT molecular complexity index is 858. The molecule has 0 aliphatic heterocycles. The summed E-state index contributed by atoms with van der Waals surface area (Å²) in [5.74, 6) is -2.65. The molecule has 1 amide bonds. The number of hydrogen-bond acceptors (Lipinski definition) is 2. The molecule has 2 aromatic carbocycles. The molecule has 0 aliphatic rings. The van der Waals surface area contributed by atoms with E-state index in [4.69, 9.17) is 5.11 Å². The van der Waals surface area contributed by atoms with E-state index in [1.54, 1.807) is 0 Å². The first kappa shape index (κ1) is 19.3. The Hall–Kier alpha value is -3.04. The molecule has 4 nitrogen and oxygen atoms in total. The Morgan fingerprint density at radius 2 is 1.54 bits per heavy atom. The van der Waals surface area contributed by atoms with Gasteiger partial charge in [0, 0.05) is 5.69 Å². The minimum atomic E-state index is -5.20. The van der Waals surface area contributed by atoms with Crippen molar-refractivity contribution in [2.75, 3.05) is 5.32 Å². The lowest BCUT2D eigenvalue weighted by molar-refractivity contribution is -0.143. The van der Waals surface area contributed by atoms with Crippen LogP contribution in [0, 0.1) is 0 Å². The number of amides is 1. The van der Waals surface area contributed by atoms with Gasteiger partial charge < -0.3 is 10.4 Å². The predicted octanol–water partition coefficient (Wildman–Crippen LogP) is 4.67. The number of alkyl halides is 6. The minimum absolute atomic E-state index is 0.122. The molecule has 2 rings (SSSR count). The Labute approximate surface area is 142 Å². The smallest absolute Gasteiger partial charge is 0.417 e. The van der Waals surface area contributed by atoms with Crippen LogP contribution in [0.15, 0.2) is 42.5 Å². The standard InChI is InChI=1S/C16H9F6NO3/c17-15(18,19)9-4-5-11(12(7-9)16(20,21)22)13(24)23-10-3-1-2-8(6-10)14(25)26/h1-7H,(H,23,24)(H,25,26). The van der Waals surface area contributed by atoms with Crippen LogP contribution in [-0.2, 0) is 12.4 Å². The number of benzene rings is 2. The van der Waals surface area contributed by atoms with Crippen LogP contribution in [0.25, 0.3) is 0 Å². The van der Waals surface area contributed by atoms with Crippen LogP contribution in [0.5, 0.6) is 0 Å². The molecule has 0 atom stereocenters. The van der Waals surface area contributed by atoms with Crippen LogP contribution in [0.1, 0.15) is 31.8 Å². The van der Waals surface area contributed by atoms with E-state index in [0.29, 0.717) is 12.1 Å². The van der Waals surface area contributed by atoms with Crippen molar-refractivity contribution in [2.45, 2.75) is 12.4 Å². The van der Waals surface area contributed by atoms with Gasteiger partial charge in [0.1, 0.15) is 0 Å². The monoisotopic (exact) mass is 377 g/mol. The fraction of sp³-hybridized carbons (Fsp3) is 0.125. The lowest BCUT2D eigenvalue weighted by Crippen LogP contribution is -2.20. The third-order valence-corrected chi connectivity index (χ3v) is 3.26. The zero-order valence-corrected chi connectivity index (χ0v) is 12.6. The van der Waals surface area contributed by atoms with Crippen LogP contribution < -0.4 is 5.32 Å². The Kier molecular flexibility index (Phi) is 4.97. The van der Waals surface area contributed by atoms with Crippen molar-refractivity contribution in [1.82, 2.24) is 0 Å². The summed E-state index contributed by atoms with van der Waals surface area (Å²) >= 11 is 0. The summed E-state index contributed by atoms with van der Waals surface area (Å²) in [5, 5.41) is 10.9. The van der Waals surface area contributed by atoms with E-state index in [1.807, 2.05) is 5.32 Å². The molecule has 0 saturated carbocycles. The lowest BCUT2D eigenvalue weighted by Gasteiger charge is -2.16. The summed E-state index contributed by atoms with van der Waals surface area (Å²) in [4.78, 5) is 22.9. The van der Waals surface area contributed by atoms with Gasteiger partial charge in [-0.25, -0.2) is 4.79 Å². The molecule has 0 heterocycles. The first-order valence-corrected chi connectivity index (χ1v) is 6.83. The number of rotatable bonds is 3. The van der Waals surface area contributed by atoms with Crippen molar-refractivity contribution < 1.29 is 41.0 Å². The highest BCUT2D eigenvalue weighted by Crippen LogP contribution is 2.37. The average molecular weight is 377 g/mol. The van der Waals surface area contributed by atoms with Gasteiger partial charge in [0.15, 0.2) is 0 Å². The van der Waals surface area contributed by atoms with E-state index < -0.39 is 40.9 Å². The molecule has 2 N–H and O–H groups in total. The number of anilines is 1. The molecule has 138 valence electrons. The first-order chi connectivity index (χ1) is 11.9. The first-order valence-electron chi connectivity index (χ1n) is 6.83. The van der Waals surface area contributed by atoms with Crippen molar-refractivity contribution in [3.05, 3.63) is 64.7 Å². The van der Waals surface area contributed by atoms with Gasteiger partial charge in [-0.15, -0.1) is 0 Å². The lowest BCUT2D eigenvalue weighted by atomic mass is 10.0. The van der Waals surface area contributed by atoms with Crippen LogP contribution in [0.2, 0.25) is 0 Å². The van der Waals surface area contributed by atoms with E-state index in [9.17, 15) is 35.9 Å². The van der Waals surface area contributed by atoms with Crippen molar-refractivity contribution in [3.63, 3.8) is 0 Å². The molecule has 10 heteroatoms. The number of carboxylic acid groups (broad SMARTS) is 1. The molecule has 2 aromatic rings. The van der Waals surface area contributed by atoms with E-state index in [1.165, 1.54) is 18.2 Å². The van der Waals surface area contributed by atoms with Gasteiger partial charge in [0.2, 0.25) is 0 Å². The van der Waals surface area contributed by atoms with Gasteiger partial charge in [0.25, 0.3) is 5.91 Å². The zero-order valence-electron chi connectivity index (χ0n) is 12.6. The summed E-state index contributed by atoms with van der Waals surface area (Å²) in [6.45, 7) is 0. The van der Waals surface area contributed by atoms with Crippen LogP contribution in [-0.4, -0.2) is 17.0 Å². The van der Waals surface area contributed by atoms with Crippen molar-refractivity contribution in [1.29, 1.82) is 0 Å². The largest absolute Gasteiger partial charge is 0.478 e. The molecular formula is C16H9F6NO3. The highest BCUT2D eigenvalue weighted by atomic mass is 19.4. The van der Waals surface area contributed by atoms with Crippen LogP contribution in [0.3, 0.4) is 0 Å². The summed E-state index contributed by atoms with van der Waals surface area (Å²) in [6.07, 6.45) is -10.2. The SMILES string of the molecule is O=C(O)c1cccc(NC(=O)c2ccc(C(F)(F)F)cc2C(F)(F)F)c1. The Morgan fingerprint density at radius 1 is 0.885 bits per heavy atom. The Balaban J connectivity index is 2.42. The number of carbonyl (C=O) groups is 2. The van der Waals surface area contributed by atoms with Crippen LogP contribution in [0.4, 0.5) is 32.0 Å². The quantitative estimate of drug-likeness (QED) is 0.764. The van der Waals surface area contributed by atoms with E-state index in [2.05, 4.69) is 0 Å². The Morgan fingerprint density at radius 3 is 2.08 bits per heavy atom. The highest BCUT2D eigenvalue weighted by Gasteiger charge is 2.39. The number of hydrogen-bond donors (Lipinski definition) is 2. The predicted molar refractivity (Wildman–Crippen MR) is 77.8 cm³/mol. The van der Waals surface area contributed by atoms with E-state index >= 15 is 0 Å². The molecule has 0 bridgehead atoms. The van der Waals surface area contributed by atoms with Crippen molar-refractivity contribution in [3.8, 4) is 0 Å². The second-order valence-electron chi connectivity index (χ2n) is 5.10. The van der Waals surface area contributed by atoms with E-state index in [0.717, 1.165) is 6.07 Å². The van der Waals surface area contributed by atoms with Gasteiger partial charge in [-0.3, -0.25) is 4.79 Å². The molecule has 0 unspecified atom stereocenters. The second-order valence-corrected chi connectivity index (χ2v) is 5.10. The summed E-state index contributed by atoms with van der Waals surface area (Å²) in [7, 11) is 0. The maximum absolute atomic E-state index is 13.1. The summed E-state index contributed by atoms with van der Waals surface area (Å²) in [6, 6.07) is 5.29. The molecule has 0 aromatic heterocycles. The summed E-state index contributed by atoms with van der Waals surface area (Å²) < 4.78 is 77.1. The van der Waals surface area contributed by atoms with Gasteiger partial charge >= 0.3 is 18.3 Å². The highest BCUT2D eigenvalue weighted by molar-refractivity contribution is 6.06. The molecular weight excluding hydrogens is 368 g/mol. The number of nitrogens with one attached hydrogen (secondary N) is 1. The minimum Gasteiger partial charge on any atom is -0.478 e. The topological polar surface area (TPSA) is 66.4 Å². The fourth-order valence-electron chi connectivity index (χ4n) is 2.08. The van der Waals surface area contributed by atoms with Crippen molar-refractivity contribution in [2.24, 2.45) is 0 Å². The molecule has 0 spiro atoms. The third kappa shape index (κ3) is 4.32. The zero-order chi connectivity index (χ0) is 19.7. The van der Waals surface area contributed by atoms with Crippen molar-refractivity contribution >= 4 is 17.6 Å². The molecule has 0 radical (unpaired) electrons. The average Bonchev–Trinajstić information content (AvgIpc) is 2.52. The molecule has 0 aliphatic carbocycles. The number of carboxylic acids is 1. The third-order valence-electron chi connectivity index (χ3n) is 3.26. The van der Waals surface area contributed by atoms with Gasteiger partial charge in [-0.05, 0) is 36.4 Å². The number of aromatic carboxylic acids is 1. The fourth-order valence-corrected chi connectivity index (χ4v) is 2.08. The van der Waals surface area contributed by atoms with Gasteiger partial charge in [-0.1, -0.05) is 6.07 Å². The molecule has 0 fully saturated rings. The van der Waals surface area contributed by atoms with Gasteiger partial charge in [0.05, 0.1) is 22.3 Å². The number of halogens is 6. The number of carbonyl (C=O) groups excluding carboxylic acids is 1. The second kappa shape index (κ2) is 6.70.